The van der Waals surface area contributed by atoms with Gasteiger partial charge in [0.05, 0.1) is 11.1 Å². The van der Waals surface area contributed by atoms with Gasteiger partial charge in [0.2, 0.25) is 0 Å². The first-order valence-electron chi connectivity index (χ1n) is 13.3. The van der Waals surface area contributed by atoms with Gasteiger partial charge in [0.1, 0.15) is 6.04 Å². The van der Waals surface area contributed by atoms with E-state index in [1.165, 1.54) is 5.56 Å². The summed E-state index contributed by atoms with van der Waals surface area (Å²) in [5.41, 5.74) is 5.70. The molecule has 8 nitrogen and oxygen atoms in total. The van der Waals surface area contributed by atoms with Crippen LogP contribution in [0.15, 0.2) is 41.2 Å². The van der Waals surface area contributed by atoms with Gasteiger partial charge in [-0.05, 0) is 92.2 Å². The van der Waals surface area contributed by atoms with Crippen LogP contribution in [0.25, 0.3) is 10.9 Å². The van der Waals surface area contributed by atoms with Crippen molar-refractivity contribution >= 4 is 28.2 Å². The lowest BCUT2D eigenvalue weighted by Gasteiger charge is -2.40. The van der Waals surface area contributed by atoms with Gasteiger partial charge in [-0.3, -0.25) is 9.69 Å². The highest BCUT2D eigenvalue weighted by Crippen LogP contribution is 2.33. The molecule has 1 aliphatic heterocycles. The monoisotopic (exact) mass is 533 g/mol. The zero-order chi connectivity index (χ0) is 27.2. The predicted octanol–water partition coefficient (Wildman–Crippen LogP) is 5.15. The van der Waals surface area contributed by atoms with Crippen LogP contribution in [-0.2, 0) is 5.54 Å². The summed E-state index contributed by atoms with van der Waals surface area (Å²) in [5.74, 6) is 0.693. The van der Waals surface area contributed by atoms with E-state index in [1.807, 2.05) is 29.8 Å². The molecule has 0 unspecified atom stereocenters. The number of nitrogens with one attached hydrogen (secondary N) is 1. The fraction of sp³-hybridized carbons (Fsp3) is 0.448. The first kappa shape index (κ1) is 26.4. The Morgan fingerprint density at radius 1 is 1.03 bits per heavy atom. The molecule has 1 atom stereocenters. The average molecular weight is 534 g/mol. The number of hydrogen-bond donors (Lipinski definition) is 1. The van der Waals surface area contributed by atoms with E-state index in [4.69, 9.17) is 11.6 Å². The van der Waals surface area contributed by atoms with E-state index in [0.29, 0.717) is 11.4 Å². The second-order valence-corrected chi connectivity index (χ2v) is 11.5. The van der Waals surface area contributed by atoms with E-state index in [1.54, 1.807) is 0 Å². The molecular weight excluding hydrogens is 498 g/mol. The number of H-pyrrole nitrogens is 1. The Morgan fingerprint density at radius 2 is 1.76 bits per heavy atom. The lowest BCUT2D eigenvalue weighted by Crippen LogP contribution is -2.49. The van der Waals surface area contributed by atoms with Crippen molar-refractivity contribution in [2.24, 2.45) is 0 Å². The van der Waals surface area contributed by atoms with Gasteiger partial charge in [0.25, 0.3) is 5.56 Å². The normalized spacial score (nSPS) is 15.8. The summed E-state index contributed by atoms with van der Waals surface area (Å²) < 4.78 is 1.90. The zero-order valence-corrected chi connectivity index (χ0v) is 23.8. The van der Waals surface area contributed by atoms with Crippen LogP contribution in [0, 0.1) is 20.8 Å². The molecule has 0 saturated carbocycles. The van der Waals surface area contributed by atoms with Crippen LogP contribution in [0.5, 0.6) is 0 Å². The van der Waals surface area contributed by atoms with Crippen LogP contribution >= 0.6 is 11.6 Å². The molecule has 0 radical (unpaired) electrons. The summed E-state index contributed by atoms with van der Waals surface area (Å²) in [7, 11) is 0. The third-order valence-electron chi connectivity index (χ3n) is 7.98. The third kappa shape index (κ3) is 4.83. The van der Waals surface area contributed by atoms with Gasteiger partial charge in [-0.15, -0.1) is 5.10 Å². The van der Waals surface area contributed by atoms with Crippen molar-refractivity contribution < 1.29 is 0 Å². The van der Waals surface area contributed by atoms with Crippen LogP contribution < -0.4 is 10.5 Å². The number of nitrogens with zero attached hydrogens (tertiary/aromatic N) is 6. The maximum atomic E-state index is 13.7. The number of hydrogen-bond acceptors (Lipinski definition) is 6. The second-order valence-electron chi connectivity index (χ2n) is 11.1. The fourth-order valence-corrected chi connectivity index (χ4v) is 5.66. The van der Waals surface area contributed by atoms with E-state index in [9.17, 15) is 4.79 Å². The van der Waals surface area contributed by atoms with Crippen molar-refractivity contribution in [3.05, 3.63) is 79.9 Å². The van der Waals surface area contributed by atoms with Crippen LogP contribution in [-0.4, -0.2) is 56.3 Å². The molecule has 0 bridgehead atoms. The van der Waals surface area contributed by atoms with Gasteiger partial charge in [0, 0.05) is 42.5 Å². The lowest BCUT2D eigenvalue weighted by molar-refractivity contribution is 0.186. The number of tetrazole rings is 1. The fourth-order valence-electron chi connectivity index (χ4n) is 5.50. The molecule has 9 heteroatoms. The Labute approximate surface area is 228 Å². The quantitative estimate of drug-likeness (QED) is 0.369. The first-order chi connectivity index (χ1) is 18.1. The minimum absolute atomic E-state index is 0.105. The smallest absolute Gasteiger partial charge is 0.253 e. The number of anilines is 1. The molecule has 5 rings (SSSR count). The van der Waals surface area contributed by atoms with E-state index >= 15 is 0 Å². The molecule has 38 heavy (non-hydrogen) atoms. The SMILES string of the molecule is CCC(C)(C)n1nnnc1[C@H](c1cc2cc(C)cc(C)c2[nH]c1=O)N1CCN(c2cc(Cl)ccc2C)CC1. The average Bonchev–Trinajstić information content (AvgIpc) is 3.37. The maximum absolute atomic E-state index is 13.7. The predicted molar refractivity (Wildman–Crippen MR) is 153 cm³/mol. The molecule has 0 aliphatic carbocycles. The van der Waals surface area contributed by atoms with Crippen molar-refractivity contribution in [1.29, 1.82) is 0 Å². The van der Waals surface area contributed by atoms with Crippen LogP contribution in [0.2, 0.25) is 5.02 Å². The molecule has 1 fully saturated rings. The van der Waals surface area contributed by atoms with Crippen LogP contribution in [0.3, 0.4) is 0 Å². The summed E-state index contributed by atoms with van der Waals surface area (Å²) in [6.45, 7) is 15.7. The Kier molecular flexibility index (Phi) is 7.05. The van der Waals surface area contributed by atoms with Gasteiger partial charge >= 0.3 is 0 Å². The molecule has 3 heterocycles. The maximum Gasteiger partial charge on any atom is 0.253 e. The summed E-state index contributed by atoms with van der Waals surface area (Å²) in [4.78, 5) is 21.5. The van der Waals surface area contributed by atoms with Gasteiger partial charge in [0.15, 0.2) is 5.82 Å². The molecule has 2 aromatic carbocycles. The van der Waals surface area contributed by atoms with Gasteiger partial charge in [-0.25, -0.2) is 4.68 Å². The molecule has 4 aromatic rings. The van der Waals surface area contributed by atoms with Crippen molar-refractivity contribution in [3.8, 4) is 0 Å². The minimum atomic E-state index is -0.382. The summed E-state index contributed by atoms with van der Waals surface area (Å²) >= 11 is 6.32. The van der Waals surface area contributed by atoms with Crippen molar-refractivity contribution in [1.82, 2.24) is 30.1 Å². The topological polar surface area (TPSA) is 82.9 Å². The number of halogens is 1. The molecule has 0 amide bonds. The number of piperazine rings is 1. The summed E-state index contributed by atoms with van der Waals surface area (Å²) in [6, 6.07) is 11.9. The molecular formula is C29H36ClN7O. The third-order valence-corrected chi connectivity index (χ3v) is 8.22. The Morgan fingerprint density at radius 3 is 2.47 bits per heavy atom. The lowest BCUT2D eigenvalue weighted by atomic mass is 9.98. The van der Waals surface area contributed by atoms with Crippen molar-refractivity contribution in [3.63, 3.8) is 0 Å². The summed E-state index contributed by atoms with van der Waals surface area (Å²) in [6.07, 6.45) is 0.853. The molecule has 1 N–H and O–H groups in total. The number of aromatic nitrogens is 5. The van der Waals surface area contributed by atoms with Gasteiger partial charge in [-0.2, -0.15) is 0 Å². The van der Waals surface area contributed by atoms with Crippen molar-refractivity contribution in [2.45, 2.75) is 59.5 Å². The highest BCUT2D eigenvalue weighted by Gasteiger charge is 2.36. The number of benzene rings is 2. The van der Waals surface area contributed by atoms with Crippen molar-refractivity contribution in [2.75, 3.05) is 31.1 Å². The number of pyridine rings is 1. The molecule has 0 spiro atoms. The minimum Gasteiger partial charge on any atom is -0.369 e. The molecule has 1 saturated heterocycles. The van der Waals surface area contributed by atoms with E-state index in [0.717, 1.165) is 65.3 Å². The van der Waals surface area contributed by atoms with E-state index < -0.39 is 0 Å². The number of fused-ring (bicyclic) bond motifs is 1. The highest BCUT2D eigenvalue weighted by molar-refractivity contribution is 6.30. The van der Waals surface area contributed by atoms with Crippen LogP contribution in [0.1, 0.15) is 61.3 Å². The molecule has 200 valence electrons. The number of aryl methyl sites for hydroxylation is 3. The first-order valence-corrected chi connectivity index (χ1v) is 13.6. The standard InChI is InChI=1S/C29H36ClN7O/c1-7-29(5,6)37-27(32-33-34-37)26(23-16-21-15-18(2)14-20(4)25(21)31-28(23)38)36-12-10-35(11-13-36)24-17-22(30)9-8-19(24)3/h8-9,14-17,26H,7,10-13H2,1-6H3,(H,31,38)/t26-/m0/s1. The van der Waals surface area contributed by atoms with Gasteiger partial charge in [-0.1, -0.05) is 36.2 Å². The van der Waals surface area contributed by atoms with Crippen LogP contribution in [0.4, 0.5) is 5.69 Å². The zero-order valence-electron chi connectivity index (χ0n) is 23.0. The Hall–Kier alpha value is -3.23. The van der Waals surface area contributed by atoms with E-state index in [2.05, 4.69) is 83.1 Å². The number of aromatic amines is 1. The number of rotatable bonds is 6. The van der Waals surface area contributed by atoms with E-state index in [-0.39, 0.29) is 17.1 Å². The second kappa shape index (κ2) is 10.2. The largest absolute Gasteiger partial charge is 0.369 e. The Balaban J connectivity index is 1.59. The Bertz CT molecular complexity index is 1530. The summed E-state index contributed by atoms with van der Waals surface area (Å²) in [5, 5.41) is 14.7. The van der Waals surface area contributed by atoms with Gasteiger partial charge < -0.3 is 9.88 Å². The molecule has 1 aliphatic rings. The molecule has 2 aromatic heterocycles. The highest BCUT2D eigenvalue weighted by atomic mass is 35.5.